The Morgan fingerprint density at radius 3 is 2.64 bits per heavy atom. The first-order valence-electron chi connectivity index (χ1n) is 11.1. The Morgan fingerprint density at radius 1 is 1.14 bits per heavy atom. The van der Waals surface area contributed by atoms with E-state index in [0.29, 0.717) is 31.3 Å². The van der Waals surface area contributed by atoms with E-state index >= 15 is 0 Å². The lowest BCUT2D eigenvalue weighted by molar-refractivity contribution is -0.147. The number of aryl methyl sites for hydroxylation is 2. The fraction of sp³-hybridized carbons (Fsp3) is 0.773. The molecule has 3 fully saturated rings. The molecule has 0 aromatic carbocycles. The van der Waals surface area contributed by atoms with Gasteiger partial charge in [0.05, 0.1) is 17.5 Å². The van der Waals surface area contributed by atoms with Gasteiger partial charge in [-0.2, -0.15) is 5.10 Å². The van der Waals surface area contributed by atoms with Gasteiger partial charge in [-0.1, -0.05) is 19.3 Å². The molecule has 1 N–H and O–H groups in total. The van der Waals surface area contributed by atoms with E-state index in [4.69, 9.17) is 0 Å². The first-order chi connectivity index (χ1) is 13.5. The van der Waals surface area contributed by atoms with Crippen molar-refractivity contribution in [2.75, 3.05) is 26.2 Å². The summed E-state index contributed by atoms with van der Waals surface area (Å²) < 4.78 is 0. The van der Waals surface area contributed by atoms with Crippen LogP contribution in [0.25, 0.3) is 0 Å². The maximum Gasteiger partial charge on any atom is 0.230 e. The highest BCUT2D eigenvalue weighted by atomic mass is 16.2. The Balaban J connectivity index is 1.39. The largest absolute Gasteiger partial charge is 0.342 e. The summed E-state index contributed by atoms with van der Waals surface area (Å²) in [6.45, 7) is 7.03. The normalized spacial score (nSPS) is 26.4. The number of rotatable bonds is 4. The molecule has 1 aromatic heterocycles. The van der Waals surface area contributed by atoms with Crippen LogP contribution in [0.5, 0.6) is 0 Å². The molecule has 2 amide bonds. The molecule has 0 radical (unpaired) electrons. The monoisotopic (exact) mass is 386 g/mol. The molecule has 6 nitrogen and oxygen atoms in total. The Kier molecular flexibility index (Phi) is 5.48. The molecular formula is C22H34N4O2. The molecule has 3 heterocycles. The number of amides is 2. The highest BCUT2D eigenvalue weighted by Gasteiger charge is 2.49. The molecule has 0 bridgehead atoms. The quantitative estimate of drug-likeness (QED) is 0.865. The number of hydrogen-bond acceptors (Lipinski definition) is 3. The second kappa shape index (κ2) is 7.88. The summed E-state index contributed by atoms with van der Waals surface area (Å²) in [5, 5.41) is 7.16. The second-order valence-corrected chi connectivity index (χ2v) is 9.29. The molecule has 1 aromatic rings. The zero-order valence-electron chi connectivity index (χ0n) is 17.4. The molecule has 154 valence electrons. The van der Waals surface area contributed by atoms with Crippen LogP contribution in [-0.2, 0) is 16.0 Å². The molecule has 2 saturated heterocycles. The average molecular weight is 387 g/mol. The Hall–Kier alpha value is -1.85. The van der Waals surface area contributed by atoms with Crippen LogP contribution in [0.4, 0.5) is 0 Å². The number of piperidine rings is 1. The van der Waals surface area contributed by atoms with E-state index in [2.05, 4.69) is 15.1 Å². The molecule has 1 aliphatic carbocycles. The lowest BCUT2D eigenvalue weighted by atomic mass is 9.77. The standard InChI is InChI=1S/C22H34N4O2/c1-16-19(17(2)24-23-16)13-20(27)26-12-10-22(15-26)9-6-11-25(21(22)28)14-18-7-4-3-5-8-18/h18H,3-15H2,1-2H3,(H,23,24)/t22-/m0/s1. The van der Waals surface area contributed by atoms with Gasteiger partial charge in [0, 0.05) is 37.4 Å². The first kappa shape index (κ1) is 19.5. The number of carbonyl (C=O) groups excluding carboxylic acids is 2. The number of aromatic amines is 1. The van der Waals surface area contributed by atoms with Gasteiger partial charge in [-0.05, 0) is 51.9 Å². The van der Waals surface area contributed by atoms with Crippen molar-refractivity contribution in [3.63, 3.8) is 0 Å². The van der Waals surface area contributed by atoms with E-state index in [-0.39, 0.29) is 11.3 Å². The topological polar surface area (TPSA) is 69.3 Å². The molecule has 2 aliphatic heterocycles. The SMILES string of the molecule is Cc1n[nH]c(C)c1CC(=O)N1CC[C@@]2(CCCN(CC3CCCCC3)C2=O)C1. The van der Waals surface area contributed by atoms with Crippen LogP contribution in [0.15, 0.2) is 0 Å². The van der Waals surface area contributed by atoms with Gasteiger partial charge in [-0.15, -0.1) is 0 Å². The number of carbonyl (C=O) groups is 2. The van der Waals surface area contributed by atoms with Gasteiger partial charge in [0.2, 0.25) is 11.8 Å². The molecule has 1 saturated carbocycles. The van der Waals surface area contributed by atoms with Crippen LogP contribution in [0.3, 0.4) is 0 Å². The average Bonchev–Trinajstić information content (AvgIpc) is 3.26. The molecule has 28 heavy (non-hydrogen) atoms. The third-order valence-electron chi connectivity index (χ3n) is 7.34. The van der Waals surface area contributed by atoms with Crippen molar-refractivity contribution < 1.29 is 9.59 Å². The highest BCUT2D eigenvalue weighted by Crippen LogP contribution is 2.41. The van der Waals surface area contributed by atoms with Crippen molar-refractivity contribution in [1.29, 1.82) is 0 Å². The maximum absolute atomic E-state index is 13.4. The Morgan fingerprint density at radius 2 is 1.93 bits per heavy atom. The fourth-order valence-corrected chi connectivity index (χ4v) is 5.57. The Bertz CT molecular complexity index is 717. The van der Waals surface area contributed by atoms with E-state index in [0.717, 1.165) is 49.3 Å². The van der Waals surface area contributed by atoms with Crippen molar-refractivity contribution in [1.82, 2.24) is 20.0 Å². The summed E-state index contributed by atoms with van der Waals surface area (Å²) >= 11 is 0. The van der Waals surface area contributed by atoms with Crippen molar-refractivity contribution in [2.45, 2.75) is 71.6 Å². The summed E-state index contributed by atoms with van der Waals surface area (Å²) in [5.74, 6) is 1.12. The van der Waals surface area contributed by atoms with Gasteiger partial charge in [0.15, 0.2) is 0 Å². The summed E-state index contributed by atoms with van der Waals surface area (Å²) in [5.41, 5.74) is 2.53. The Labute approximate surface area is 168 Å². The fourth-order valence-electron chi connectivity index (χ4n) is 5.57. The van der Waals surface area contributed by atoms with E-state index in [1.807, 2.05) is 18.7 Å². The van der Waals surface area contributed by atoms with Crippen LogP contribution >= 0.6 is 0 Å². The van der Waals surface area contributed by atoms with E-state index < -0.39 is 0 Å². The minimum Gasteiger partial charge on any atom is -0.342 e. The third-order valence-corrected chi connectivity index (χ3v) is 7.34. The number of likely N-dealkylation sites (tertiary alicyclic amines) is 2. The van der Waals surface area contributed by atoms with Crippen LogP contribution < -0.4 is 0 Å². The number of H-pyrrole nitrogens is 1. The van der Waals surface area contributed by atoms with Crippen molar-refractivity contribution in [3.05, 3.63) is 17.0 Å². The molecule has 1 spiro atoms. The summed E-state index contributed by atoms with van der Waals surface area (Å²) in [4.78, 5) is 30.4. The predicted molar refractivity (Wildman–Crippen MR) is 108 cm³/mol. The van der Waals surface area contributed by atoms with E-state index in [9.17, 15) is 9.59 Å². The van der Waals surface area contributed by atoms with Crippen molar-refractivity contribution >= 4 is 11.8 Å². The zero-order chi connectivity index (χ0) is 19.7. The summed E-state index contributed by atoms with van der Waals surface area (Å²) in [7, 11) is 0. The summed E-state index contributed by atoms with van der Waals surface area (Å²) in [6, 6.07) is 0. The highest BCUT2D eigenvalue weighted by molar-refractivity contribution is 5.86. The number of nitrogens with zero attached hydrogens (tertiary/aromatic N) is 3. The molecule has 6 heteroatoms. The number of hydrogen-bond donors (Lipinski definition) is 1. The number of aromatic nitrogens is 2. The van der Waals surface area contributed by atoms with E-state index in [1.54, 1.807) is 0 Å². The molecular weight excluding hydrogens is 352 g/mol. The van der Waals surface area contributed by atoms with Gasteiger partial charge < -0.3 is 9.80 Å². The minimum atomic E-state index is -0.330. The van der Waals surface area contributed by atoms with Gasteiger partial charge in [0.25, 0.3) is 0 Å². The van der Waals surface area contributed by atoms with Crippen LogP contribution in [0.2, 0.25) is 0 Å². The molecule has 1 atom stereocenters. The van der Waals surface area contributed by atoms with Crippen LogP contribution in [0, 0.1) is 25.2 Å². The lowest BCUT2D eigenvalue weighted by Gasteiger charge is -2.41. The first-order valence-corrected chi connectivity index (χ1v) is 11.1. The lowest BCUT2D eigenvalue weighted by Crippen LogP contribution is -2.51. The summed E-state index contributed by atoms with van der Waals surface area (Å²) in [6.07, 6.45) is 9.71. The zero-order valence-corrected chi connectivity index (χ0v) is 17.4. The van der Waals surface area contributed by atoms with E-state index in [1.165, 1.54) is 32.1 Å². The molecule has 0 unspecified atom stereocenters. The number of nitrogens with one attached hydrogen (secondary N) is 1. The maximum atomic E-state index is 13.4. The van der Waals surface area contributed by atoms with Crippen molar-refractivity contribution in [2.24, 2.45) is 11.3 Å². The minimum absolute atomic E-state index is 0.127. The van der Waals surface area contributed by atoms with Crippen molar-refractivity contribution in [3.8, 4) is 0 Å². The molecule has 3 aliphatic rings. The second-order valence-electron chi connectivity index (χ2n) is 9.29. The van der Waals surface area contributed by atoms with Gasteiger partial charge >= 0.3 is 0 Å². The smallest absolute Gasteiger partial charge is 0.230 e. The van der Waals surface area contributed by atoms with Gasteiger partial charge in [-0.3, -0.25) is 14.7 Å². The predicted octanol–water partition coefficient (Wildman–Crippen LogP) is 2.99. The van der Waals surface area contributed by atoms with Gasteiger partial charge in [-0.25, -0.2) is 0 Å². The molecule has 4 rings (SSSR count). The third kappa shape index (κ3) is 3.70. The van der Waals surface area contributed by atoms with Crippen LogP contribution in [-0.4, -0.2) is 58.0 Å². The van der Waals surface area contributed by atoms with Crippen LogP contribution in [0.1, 0.15) is 68.3 Å². The van der Waals surface area contributed by atoms with Gasteiger partial charge in [0.1, 0.15) is 0 Å².